The Balaban J connectivity index is 2.21. The van der Waals surface area contributed by atoms with E-state index in [1.807, 2.05) is 7.11 Å². The molecule has 35 heavy (non-hydrogen) atoms. The molecule has 0 spiro atoms. The fraction of sp³-hybridized carbons (Fsp3) is 0.706. The molecule has 1 aromatic rings. The summed E-state index contributed by atoms with van der Waals surface area (Å²) >= 11 is 0. The molecular weight excluding hydrogens is 424 g/mol. The standard InChI is InChI=1S/C34H54O/c1-5-7-9-11-13-15-17-19-21-23-25-27-32-29-31(3)30-33(34(32)35-4)28-26-24-22-20-18-16-14-12-10-8-6-2/h1-2,29-30H,7-28H2,3-4H3. The van der Waals surface area contributed by atoms with Crippen LogP contribution in [0.3, 0.4) is 0 Å². The summed E-state index contributed by atoms with van der Waals surface area (Å²) in [4.78, 5) is 0. The molecule has 0 atom stereocenters. The van der Waals surface area contributed by atoms with Crippen LogP contribution in [0.4, 0.5) is 0 Å². The molecule has 0 N–H and O–H groups in total. The molecule has 0 bridgehead atoms. The third kappa shape index (κ3) is 16.4. The summed E-state index contributed by atoms with van der Waals surface area (Å²) in [6.45, 7) is 2.24. The second kappa shape index (κ2) is 22.6. The summed E-state index contributed by atoms with van der Waals surface area (Å²) in [5.74, 6) is 6.63. The first kappa shape index (κ1) is 31.2. The molecule has 0 amide bonds. The van der Waals surface area contributed by atoms with Gasteiger partial charge in [0.1, 0.15) is 5.75 Å². The van der Waals surface area contributed by atoms with Crippen molar-refractivity contribution in [3.8, 4) is 30.4 Å². The first-order valence-electron chi connectivity index (χ1n) is 14.8. The molecule has 0 saturated heterocycles. The van der Waals surface area contributed by atoms with Gasteiger partial charge in [0.05, 0.1) is 7.11 Å². The number of ether oxygens (including phenoxy) is 1. The Hall–Kier alpha value is -1.86. The largest absolute Gasteiger partial charge is 0.496 e. The van der Waals surface area contributed by atoms with Gasteiger partial charge in [-0.3, -0.25) is 0 Å². The highest BCUT2D eigenvalue weighted by Crippen LogP contribution is 2.29. The lowest BCUT2D eigenvalue weighted by Gasteiger charge is -2.15. The quantitative estimate of drug-likeness (QED) is 0.112. The van der Waals surface area contributed by atoms with Crippen LogP contribution in [0.1, 0.15) is 145 Å². The Morgan fingerprint density at radius 1 is 0.543 bits per heavy atom. The number of aryl methyl sites for hydroxylation is 3. The SMILES string of the molecule is C#CCCCCCCCCCCCc1cc(C)cc(CCCCCCCCCCCC#C)c1OC. The van der Waals surface area contributed by atoms with Crippen LogP contribution < -0.4 is 4.74 Å². The monoisotopic (exact) mass is 478 g/mol. The van der Waals surface area contributed by atoms with E-state index in [0.717, 1.165) is 31.4 Å². The van der Waals surface area contributed by atoms with Gasteiger partial charge >= 0.3 is 0 Å². The fourth-order valence-corrected chi connectivity index (χ4v) is 5.12. The van der Waals surface area contributed by atoms with Crippen LogP contribution in [0.5, 0.6) is 5.75 Å². The van der Waals surface area contributed by atoms with Crippen LogP contribution >= 0.6 is 0 Å². The van der Waals surface area contributed by atoms with Crippen LogP contribution in [0, 0.1) is 31.6 Å². The van der Waals surface area contributed by atoms with E-state index in [4.69, 9.17) is 17.6 Å². The predicted molar refractivity (Wildman–Crippen MR) is 155 cm³/mol. The van der Waals surface area contributed by atoms with Crippen LogP contribution in [-0.2, 0) is 12.8 Å². The zero-order chi connectivity index (χ0) is 25.4. The lowest BCUT2D eigenvalue weighted by Crippen LogP contribution is -2.00. The molecule has 1 rings (SSSR count). The van der Waals surface area contributed by atoms with Gasteiger partial charge < -0.3 is 4.74 Å². The third-order valence-electron chi connectivity index (χ3n) is 7.13. The molecule has 0 heterocycles. The third-order valence-corrected chi connectivity index (χ3v) is 7.13. The van der Waals surface area contributed by atoms with Gasteiger partial charge in [0.15, 0.2) is 0 Å². The van der Waals surface area contributed by atoms with Crippen molar-refractivity contribution in [1.82, 2.24) is 0 Å². The van der Waals surface area contributed by atoms with Crippen LogP contribution in [0.25, 0.3) is 0 Å². The summed E-state index contributed by atoms with van der Waals surface area (Å²) in [6.07, 6.45) is 38.6. The maximum absolute atomic E-state index is 5.91. The van der Waals surface area contributed by atoms with Crippen LogP contribution in [0.15, 0.2) is 12.1 Å². The Kier molecular flexibility index (Phi) is 20.1. The van der Waals surface area contributed by atoms with Crippen molar-refractivity contribution in [2.75, 3.05) is 7.11 Å². The number of terminal acetylenes is 2. The number of rotatable bonds is 23. The van der Waals surface area contributed by atoms with E-state index in [1.165, 1.54) is 132 Å². The molecule has 0 aliphatic heterocycles. The first-order chi connectivity index (χ1) is 17.2. The van der Waals surface area contributed by atoms with Crippen molar-refractivity contribution >= 4 is 0 Å². The van der Waals surface area contributed by atoms with Crippen molar-refractivity contribution in [1.29, 1.82) is 0 Å². The Morgan fingerprint density at radius 2 is 0.857 bits per heavy atom. The fourth-order valence-electron chi connectivity index (χ4n) is 5.12. The Bertz CT molecular complexity index is 660. The van der Waals surface area contributed by atoms with Crippen molar-refractivity contribution in [3.05, 3.63) is 28.8 Å². The van der Waals surface area contributed by atoms with Crippen molar-refractivity contribution in [3.63, 3.8) is 0 Å². The lowest BCUT2D eigenvalue weighted by atomic mass is 9.96. The second-order valence-electron chi connectivity index (χ2n) is 10.4. The second-order valence-corrected chi connectivity index (χ2v) is 10.4. The van der Waals surface area contributed by atoms with Crippen molar-refractivity contribution in [2.45, 2.75) is 148 Å². The topological polar surface area (TPSA) is 9.23 Å². The van der Waals surface area contributed by atoms with Crippen molar-refractivity contribution < 1.29 is 4.74 Å². The van der Waals surface area contributed by atoms with E-state index >= 15 is 0 Å². The molecule has 196 valence electrons. The number of benzene rings is 1. The van der Waals surface area contributed by atoms with Gasteiger partial charge in [0.25, 0.3) is 0 Å². The normalized spacial score (nSPS) is 10.7. The van der Waals surface area contributed by atoms with Gasteiger partial charge in [0.2, 0.25) is 0 Å². The number of unbranched alkanes of at least 4 members (excludes halogenated alkanes) is 18. The number of hydrogen-bond acceptors (Lipinski definition) is 1. The molecule has 0 fully saturated rings. The molecule has 0 aliphatic carbocycles. The summed E-state index contributed by atoms with van der Waals surface area (Å²) < 4.78 is 5.91. The number of hydrogen-bond donors (Lipinski definition) is 0. The maximum atomic E-state index is 5.91. The zero-order valence-electron chi connectivity index (χ0n) is 23.3. The summed E-state index contributed by atoms with van der Waals surface area (Å²) in [5, 5.41) is 0. The van der Waals surface area contributed by atoms with Gasteiger partial charge in [-0.1, -0.05) is 108 Å². The highest BCUT2D eigenvalue weighted by molar-refractivity contribution is 5.44. The molecule has 0 saturated carbocycles. The molecule has 0 radical (unpaired) electrons. The molecule has 0 aromatic heterocycles. The van der Waals surface area contributed by atoms with E-state index in [2.05, 4.69) is 30.9 Å². The van der Waals surface area contributed by atoms with Gasteiger partial charge in [0, 0.05) is 12.8 Å². The predicted octanol–water partition coefficient (Wildman–Crippen LogP) is 10.2. The minimum atomic E-state index is 0.944. The van der Waals surface area contributed by atoms with E-state index in [-0.39, 0.29) is 0 Å². The number of methoxy groups -OCH3 is 1. The average Bonchev–Trinajstić information content (AvgIpc) is 2.85. The van der Waals surface area contributed by atoms with E-state index in [9.17, 15) is 0 Å². The van der Waals surface area contributed by atoms with E-state index in [0.29, 0.717) is 0 Å². The van der Waals surface area contributed by atoms with E-state index < -0.39 is 0 Å². The molecule has 1 aromatic carbocycles. The van der Waals surface area contributed by atoms with Gasteiger partial charge in [-0.05, 0) is 56.6 Å². The van der Waals surface area contributed by atoms with Gasteiger partial charge in [-0.25, -0.2) is 0 Å². The summed E-state index contributed by atoms with van der Waals surface area (Å²) in [6, 6.07) is 4.70. The van der Waals surface area contributed by atoms with Gasteiger partial charge in [-0.2, -0.15) is 0 Å². The van der Waals surface area contributed by atoms with Crippen molar-refractivity contribution in [2.24, 2.45) is 0 Å². The lowest BCUT2D eigenvalue weighted by molar-refractivity contribution is 0.402. The summed E-state index contributed by atoms with van der Waals surface area (Å²) in [5.41, 5.74) is 4.21. The zero-order valence-corrected chi connectivity index (χ0v) is 23.3. The molecule has 1 heteroatoms. The highest BCUT2D eigenvalue weighted by atomic mass is 16.5. The minimum Gasteiger partial charge on any atom is -0.496 e. The molecular formula is C34H54O. The minimum absolute atomic E-state index is 0.944. The molecule has 0 unspecified atom stereocenters. The van der Waals surface area contributed by atoms with E-state index in [1.54, 1.807) is 0 Å². The average molecular weight is 479 g/mol. The Morgan fingerprint density at radius 3 is 1.17 bits per heavy atom. The highest BCUT2D eigenvalue weighted by Gasteiger charge is 2.10. The van der Waals surface area contributed by atoms with Crippen LogP contribution in [0.2, 0.25) is 0 Å². The molecule has 1 nitrogen and oxygen atoms in total. The molecule has 0 aliphatic rings. The Labute approximate surface area is 219 Å². The maximum Gasteiger partial charge on any atom is 0.125 e. The van der Waals surface area contributed by atoms with Crippen LogP contribution in [-0.4, -0.2) is 7.11 Å². The summed E-state index contributed by atoms with van der Waals surface area (Å²) in [7, 11) is 1.85. The smallest absolute Gasteiger partial charge is 0.125 e. The van der Waals surface area contributed by atoms with Gasteiger partial charge in [-0.15, -0.1) is 24.7 Å². The first-order valence-corrected chi connectivity index (χ1v) is 14.8.